The Hall–Kier alpha value is -3.36. The smallest absolute Gasteiger partial charge is 0.336 e. The van der Waals surface area contributed by atoms with Crippen molar-refractivity contribution in [3.63, 3.8) is 0 Å². The number of allylic oxidation sites excluding steroid dienone is 3. The average molecular weight is 473 g/mol. The van der Waals surface area contributed by atoms with Gasteiger partial charge in [0.25, 0.3) is 5.69 Å². The van der Waals surface area contributed by atoms with E-state index in [9.17, 15) is 19.7 Å². The van der Waals surface area contributed by atoms with Crippen LogP contribution in [0.2, 0.25) is 0 Å². The molecule has 0 bridgehead atoms. The minimum absolute atomic E-state index is 0.154. The molecule has 3 rings (SSSR count). The van der Waals surface area contributed by atoms with Gasteiger partial charge in [-0.2, -0.15) is 0 Å². The lowest BCUT2D eigenvalue weighted by Gasteiger charge is -2.39. The van der Waals surface area contributed by atoms with Crippen molar-refractivity contribution in [2.24, 2.45) is 5.41 Å². The number of esters is 1. The molecule has 0 aromatic heterocycles. The molecule has 9 nitrogen and oxygen atoms in total. The molecule has 1 aromatic carbocycles. The van der Waals surface area contributed by atoms with Crippen LogP contribution >= 0.6 is 0 Å². The SMILES string of the molecule is CCCCOC(=O)C1=C(C)NC2=C(C(=O)CC(C)(C)C2)[C@H]1c1cc(OC)c(OC)cc1[N+](=O)[O-]. The maximum Gasteiger partial charge on any atom is 0.336 e. The first kappa shape index (κ1) is 25.3. The molecule has 34 heavy (non-hydrogen) atoms. The van der Waals surface area contributed by atoms with Gasteiger partial charge in [0, 0.05) is 29.0 Å². The molecule has 2 aliphatic rings. The first-order valence-electron chi connectivity index (χ1n) is 11.4. The Kier molecular flexibility index (Phi) is 7.33. The normalized spacial score (nSPS) is 19.4. The number of carbonyl (C=O) groups excluding carboxylic acids is 2. The second-order valence-corrected chi connectivity index (χ2v) is 9.44. The third-order valence-corrected chi connectivity index (χ3v) is 6.23. The van der Waals surface area contributed by atoms with Crippen LogP contribution in [0.25, 0.3) is 0 Å². The van der Waals surface area contributed by atoms with Crippen molar-refractivity contribution in [2.75, 3.05) is 20.8 Å². The molecule has 184 valence electrons. The van der Waals surface area contributed by atoms with Crippen molar-refractivity contribution in [1.82, 2.24) is 5.32 Å². The van der Waals surface area contributed by atoms with Crippen LogP contribution in [-0.4, -0.2) is 37.5 Å². The molecule has 0 unspecified atom stereocenters. The monoisotopic (exact) mass is 472 g/mol. The van der Waals surface area contributed by atoms with Gasteiger partial charge in [-0.25, -0.2) is 4.79 Å². The summed E-state index contributed by atoms with van der Waals surface area (Å²) in [6.45, 7) is 7.93. The summed E-state index contributed by atoms with van der Waals surface area (Å²) in [5.41, 5.74) is 1.39. The average Bonchev–Trinajstić information content (AvgIpc) is 2.76. The van der Waals surface area contributed by atoms with Crippen LogP contribution in [-0.2, 0) is 14.3 Å². The molecule has 0 fully saturated rings. The second-order valence-electron chi connectivity index (χ2n) is 9.44. The third-order valence-electron chi connectivity index (χ3n) is 6.23. The molecule has 1 aliphatic carbocycles. The maximum atomic E-state index is 13.4. The molecule has 0 saturated carbocycles. The molecular weight excluding hydrogens is 440 g/mol. The Morgan fingerprint density at radius 2 is 1.85 bits per heavy atom. The Bertz CT molecular complexity index is 1080. The lowest BCUT2D eigenvalue weighted by atomic mass is 9.68. The zero-order chi connectivity index (χ0) is 25.2. The number of nitrogens with zero attached hydrogens (tertiary/aromatic N) is 1. The standard InChI is InChI=1S/C25H32N2O7/c1-7-8-9-34-24(29)21-14(2)26-16-12-25(3,4)13-18(28)23(16)22(21)15-10-19(32-5)20(33-6)11-17(15)27(30)31/h10-11,22,26H,7-9,12-13H2,1-6H3/t22-/m0/s1. The number of ether oxygens (including phenoxy) is 3. The fraction of sp³-hybridized carbons (Fsp3) is 0.520. The summed E-state index contributed by atoms with van der Waals surface area (Å²) in [4.78, 5) is 38.2. The number of hydrogen-bond donors (Lipinski definition) is 1. The number of methoxy groups -OCH3 is 2. The number of nitrogens with one attached hydrogen (secondary N) is 1. The minimum Gasteiger partial charge on any atom is -0.493 e. The number of unbranched alkanes of at least 4 members (excludes halogenated alkanes) is 1. The highest BCUT2D eigenvalue weighted by atomic mass is 16.6. The van der Waals surface area contributed by atoms with E-state index in [1.165, 1.54) is 26.4 Å². The molecule has 0 amide bonds. The third kappa shape index (κ3) is 4.78. The van der Waals surface area contributed by atoms with Gasteiger partial charge in [-0.05, 0) is 31.2 Å². The van der Waals surface area contributed by atoms with Crippen LogP contribution in [0.4, 0.5) is 5.69 Å². The van der Waals surface area contributed by atoms with Crippen molar-refractivity contribution in [1.29, 1.82) is 0 Å². The van der Waals surface area contributed by atoms with E-state index in [0.717, 1.165) is 6.42 Å². The Balaban J connectivity index is 2.28. The predicted molar refractivity (Wildman–Crippen MR) is 126 cm³/mol. The highest BCUT2D eigenvalue weighted by Gasteiger charge is 2.45. The summed E-state index contributed by atoms with van der Waals surface area (Å²) in [6, 6.07) is 2.75. The van der Waals surface area contributed by atoms with Gasteiger partial charge >= 0.3 is 5.97 Å². The number of Topliss-reactive ketones (excluding diaryl/α,β-unsaturated/α-hetero) is 1. The van der Waals surface area contributed by atoms with Crippen molar-refractivity contribution in [3.8, 4) is 11.5 Å². The molecule has 0 saturated heterocycles. The van der Waals surface area contributed by atoms with Crippen LogP contribution in [0.15, 0.2) is 34.7 Å². The number of benzene rings is 1. The second kappa shape index (κ2) is 9.87. The van der Waals surface area contributed by atoms with E-state index in [2.05, 4.69) is 5.32 Å². The lowest BCUT2D eigenvalue weighted by Crippen LogP contribution is -2.39. The predicted octanol–water partition coefficient (Wildman–Crippen LogP) is 4.56. The molecule has 1 atom stereocenters. The summed E-state index contributed by atoms with van der Waals surface area (Å²) in [7, 11) is 2.82. The molecule has 1 aromatic rings. The van der Waals surface area contributed by atoms with E-state index in [1.54, 1.807) is 6.92 Å². The molecule has 1 heterocycles. The largest absolute Gasteiger partial charge is 0.493 e. The maximum absolute atomic E-state index is 13.4. The Morgan fingerprint density at radius 1 is 1.21 bits per heavy atom. The van der Waals surface area contributed by atoms with Crippen LogP contribution in [0, 0.1) is 15.5 Å². The van der Waals surface area contributed by atoms with E-state index < -0.39 is 16.8 Å². The van der Waals surface area contributed by atoms with Gasteiger partial charge in [0.2, 0.25) is 0 Å². The van der Waals surface area contributed by atoms with Gasteiger partial charge in [0.15, 0.2) is 17.3 Å². The fourth-order valence-electron chi connectivity index (χ4n) is 4.68. The molecular formula is C25H32N2O7. The number of hydrogen-bond acceptors (Lipinski definition) is 8. The zero-order valence-corrected chi connectivity index (χ0v) is 20.6. The summed E-state index contributed by atoms with van der Waals surface area (Å²) in [5, 5.41) is 15.3. The first-order chi connectivity index (χ1) is 16.0. The zero-order valence-electron chi connectivity index (χ0n) is 20.6. The van der Waals surface area contributed by atoms with Gasteiger partial charge in [-0.1, -0.05) is 27.2 Å². The van der Waals surface area contributed by atoms with E-state index in [1.807, 2.05) is 20.8 Å². The number of nitro groups is 1. The van der Waals surface area contributed by atoms with E-state index >= 15 is 0 Å². The van der Waals surface area contributed by atoms with Gasteiger partial charge in [0.05, 0.1) is 43.3 Å². The van der Waals surface area contributed by atoms with Crippen molar-refractivity contribution in [3.05, 3.63) is 50.4 Å². The lowest BCUT2D eigenvalue weighted by molar-refractivity contribution is -0.385. The molecule has 1 aliphatic heterocycles. The van der Waals surface area contributed by atoms with Crippen LogP contribution in [0.1, 0.15) is 64.9 Å². The summed E-state index contributed by atoms with van der Waals surface area (Å²) in [6.07, 6.45) is 2.37. The number of nitro benzene ring substituents is 1. The highest BCUT2D eigenvalue weighted by molar-refractivity contribution is 6.04. The van der Waals surface area contributed by atoms with Crippen molar-refractivity contribution in [2.45, 2.75) is 59.3 Å². The quantitative estimate of drug-likeness (QED) is 0.253. The van der Waals surface area contributed by atoms with Gasteiger partial charge in [-0.15, -0.1) is 0 Å². The van der Waals surface area contributed by atoms with E-state index in [4.69, 9.17) is 14.2 Å². The Morgan fingerprint density at radius 3 is 2.44 bits per heavy atom. The van der Waals surface area contributed by atoms with Gasteiger partial charge < -0.3 is 19.5 Å². The van der Waals surface area contributed by atoms with Crippen LogP contribution < -0.4 is 14.8 Å². The number of ketones is 1. The topological polar surface area (TPSA) is 117 Å². The van der Waals surface area contributed by atoms with E-state index in [-0.39, 0.29) is 52.5 Å². The Labute approximate surface area is 199 Å². The van der Waals surface area contributed by atoms with Crippen molar-refractivity contribution >= 4 is 17.4 Å². The number of carbonyl (C=O) groups is 2. The highest BCUT2D eigenvalue weighted by Crippen LogP contribution is 2.50. The van der Waals surface area contributed by atoms with Crippen molar-refractivity contribution < 1.29 is 28.7 Å². The summed E-state index contributed by atoms with van der Waals surface area (Å²) < 4.78 is 16.2. The molecule has 1 N–H and O–H groups in total. The summed E-state index contributed by atoms with van der Waals surface area (Å²) >= 11 is 0. The minimum atomic E-state index is -0.964. The molecule has 0 radical (unpaired) electrons. The van der Waals surface area contributed by atoms with Gasteiger partial charge in [0.1, 0.15) is 0 Å². The van der Waals surface area contributed by atoms with Crippen LogP contribution in [0.3, 0.4) is 0 Å². The fourth-order valence-corrected chi connectivity index (χ4v) is 4.68. The number of rotatable bonds is 8. The number of dihydropyridines is 1. The van der Waals surface area contributed by atoms with E-state index in [0.29, 0.717) is 29.8 Å². The molecule has 9 heteroatoms. The summed E-state index contributed by atoms with van der Waals surface area (Å²) in [5.74, 6) is -1.27. The van der Waals surface area contributed by atoms with Crippen LogP contribution in [0.5, 0.6) is 11.5 Å². The first-order valence-corrected chi connectivity index (χ1v) is 11.4. The molecule has 0 spiro atoms. The van der Waals surface area contributed by atoms with Gasteiger partial charge in [-0.3, -0.25) is 14.9 Å².